The fraction of sp³-hybridized carbons (Fsp3) is 0.529. The predicted octanol–water partition coefficient (Wildman–Crippen LogP) is 3.47. The number of amides is 1. The van der Waals surface area contributed by atoms with E-state index in [1.807, 2.05) is 34.6 Å². The number of hydrogen-bond donors (Lipinski definition) is 0. The van der Waals surface area contributed by atoms with E-state index in [2.05, 4.69) is 25.8 Å². The fourth-order valence-corrected chi connectivity index (χ4v) is 2.61. The number of carbonyl (C=O) groups excluding carboxylic acids is 1. The van der Waals surface area contributed by atoms with Gasteiger partial charge in [-0.25, -0.2) is 4.98 Å². The van der Waals surface area contributed by atoms with E-state index < -0.39 is 0 Å². The van der Waals surface area contributed by atoms with Crippen molar-refractivity contribution in [3.63, 3.8) is 0 Å². The maximum atomic E-state index is 12.6. The number of rotatable bonds is 6. The Labute approximate surface area is 126 Å². The molecule has 0 fully saturated rings. The molecule has 21 heavy (non-hydrogen) atoms. The standard InChI is InChI=1S/C17H25N3O/c1-5-8-11-19(7-3)17(21)14-9-10-16-18-15(6-2)13(4)20(16)12-14/h9-10,12H,5-8,11H2,1-4H3. The molecule has 2 heterocycles. The Morgan fingerprint density at radius 2 is 2.05 bits per heavy atom. The SMILES string of the molecule is CCCCN(CC)C(=O)c1ccc2nc(CC)c(C)n2c1. The Kier molecular flexibility index (Phi) is 4.99. The molecule has 0 aliphatic rings. The van der Waals surface area contributed by atoms with Gasteiger partial charge in [-0.3, -0.25) is 4.79 Å². The van der Waals surface area contributed by atoms with Crippen LogP contribution >= 0.6 is 0 Å². The van der Waals surface area contributed by atoms with Crippen molar-refractivity contribution in [3.8, 4) is 0 Å². The first-order chi connectivity index (χ1) is 10.1. The van der Waals surface area contributed by atoms with E-state index in [1.54, 1.807) is 0 Å². The summed E-state index contributed by atoms with van der Waals surface area (Å²) in [6.07, 6.45) is 4.98. The zero-order valence-electron chi connectivity index (χ0n) is 13.5. The summed E-state index contributed by atoms with van der Waals surface area (Å²) < 4.78 is 2.03. The van der Waals surface area contributed by atoms with Gasteiger partial charge in [-0.2, -0.15) is 0 Å². The average Bonchev–Trinajstić information content (AvgIpc) is 2.83. The van der Waals surface area contributed by atoms with Crippen molar-refractivity contribution in [1.29, 1.82) is 0 Å². The summed E-state index contributed by atoms with van der Waals surface area (Å²) >= 11 is 0. The van der Waals surface area contributed by atoms with Crippen molar-refractivity contribution in [3.05, 3.63) is 35.3 Å². The van der Waals surface area contributed by atoms with E-state index >= 15 is 0 Å². The fourth-order valence-electron chi connectivity index (χ4n) is 2.61. The molecular formula is C17H25N3O. The zero-order chi connectivity index (χ0) is 15.4. The van der Waals surface area contributed by atoms with Crippen molar-refractivity contribution in [1.82, 2.24) is 14.3 Å². The quantitative estimate of drug-likeness (QED) is 0.816. The van der Waals surface area contributed by atoms with Gasteiger partial charge in [-0.1, -0.05) is 20.3 Å². The number of unbranched alkanes of at least 4 members (excludes halogenated alkanes) is 1. The molecule has 0 atom stereocenters. The average molecular weight is 287 g/mol. The van der Waals surface area contributed by atoms with Crippen LogP contribution < -0.4 is 0 Å². The third kappa shape index (κ3) is 3.09. The minimum Gasteiger partial charge on any atom is -0.339 e. The topological polar surface area (TPSA) is 37.6 Å². The molecule has 0 spiro atoms. The lowest BCUT2D eigenvalue weighted by atomic mass is 10.2. The molecular weight excluding hydrogens is 262 g/mol. The number of imidazole rings is 1. The summed E-state index contributed by atoms with van der Waals surface area (Å²) in [6, 6.07) is 3.82. The number of pyridine rings is 1. The van der Waals surface area contributed by atoms with Gasteiger partial charge in [0.2, 0.25) is 0 Å². The highest BCUT2D eigenvalue weighted by atomic mass is 16.2. The van der Waals surface area contributed by atoms with Crippen LogP contribution in [0, 0.1) is 6.92 Å². The molecule has 2 aromatic rings. The second-order valence-corrected chi connectivity index (χ2v) is 5.38. The second kappa shape index (κ2) is 6.74. The molecule has 2 rings (SSSR count). The normalized spacial score (nSPS) is 11.0. The molecule has 0 bridgehead atoms. The van der Waals surface area contributed by atoms with Crippen LogP contribution in [0.1, 0.15) is 55.4 Å². The monoisotopic (exact) mass is 287 g/mol. The minimum atomic E-state index is 0.110. The molecule has 0 aliphatic heterocycles. The maximum absolute atomic E-state index is 12.6. The number of fused-ring (bicyclic) bond motifs is 1. The third-order valence-electron chi connectivity index (χ3n) is 3.99. The highest BCUT2D eigenvalue weighted by molar-refractivity contribution is 5.94. The highest BCUT2D eigenvalue weighted by Crippen LogP contribution is 2.15. The lowest BCUT2D eigenvalue weighted by molar-refractivity contribution is 0.0762. The van der Waals surface area contributed by atoms with Gasteiger partial charge in [0.1, 0.15) is 5.65 Å². The number of aryl methyl sites for hydroxylation is 2. The molecule has 0 saturated carbocycles. The van der Waals surface area contributed by atoms with Gasteiger partial charge in [0.05, 0.1) is 11.3 Å². The zero-order valence-corrected chi connectivity index (χ0v) is 13.5. The maximum Gasteiger partial charge on any atom is 0.255 e. The van der Waals surface area contributed by atoms with Crippen LogP contribution in [-0.4, -0.2) is 33.3 Å². The number of aromatic nitrogens is 2. The third-order valence-corrected chi connectivity index (χ3v) is 3.99. The molecule has 0 radical (unpaired) electrons. The molecule has 0 aromatic carbocycles. The van der Waals surface area contributed by atoms with E-state index in [1.165, 1.54) is 0 Å². The van der Waals surface area contributed by atoms with Crippen LogP contribution in [-0.2, 0) is 6.42 Å². The van der Waals surface area contributed by atoms with E-state index in [9.17, 15) is 4.79 Å². The van der Waals surface area contributed by atoms with E-state index in [4.69, 9.17) is 0 Å². The van der Waals surface area contributed by atoms with Gasteiger partial charge in [0.15, 0.2) is 0 Å². The summed E-state index contributed by atoms with van der Waals surface area (Å²) in [7, 11) is 0. The Balaban J connectivity index is 2.33. The van der Waals surface area contributed by atoms with Gasteiger partial charge >= 0.3 is 0 Å². The van der Waals surface area contributed by atoms with Crippen molar-refractivity contribution >= 4 is 11.6 Å². The Hall–Kier alpha value is -1.84. The van der Waals surface area contributed by atoms with Crippen molar-refractivity contribution in [2.45, 2.75) is 47.0 Å². The molecule has 0 aliphatic carbocycles. The summed E-state index contributed by atoms with van der Waals surface area (Å²) in [6.45, 7) is 9.91. The Morgan fingerprint density at radius 3 is 2.67 bits per heavy atom. The summed E-state index contributed by atoms with van der Waals surface area (Å²) in [5.41, 5.74) is 3.87. The molecule has 0 saturated heterocycles. The van der Waals surface area contributed by atoms with Crippen LogP contribution in [0.4, 0.5) is 0 Å². The van der Waals surface area contributed by atoms with Crippen LogP contribution in [0.3, 0.4) is 0 Å². The molecule has 4 nitrogen and oxygen atoms in total. The van der Waals surface area contributed by atoms with Gasteiger partial charge in [-0.05, 0) is 38.8 Å². The summed E-state index contributed by atoms with van der Waals surface area (Å²) in [5, 5.41) is 0. The van der Waals surface area contributed by atoms with Crippen molar-refractivity contribution < 1.29 is 4.79 Å². The number of carbonyl (C=O) groups is 1. The molecule has 4 heteroatoms. The van der Waals surface area contributed by atoms with Gasteiger partial charge in [0.25, 0.3) is 5.91 Å². The number of nitrogens with zero attached hydrogens (tertiary/aromatic N) is 3. The molecule has 2 aromatic heterocycles. The second-order valence-electron chi connectivity index (χ2n) is 5.38. The predicted molar refractivity (Wildman–Crippen MR) is 85.8 cm³/mol. The van der Waals surface area contributed by atoms with Crippen LogP contribution in [0.5, 0.6) is 0 Å². The first-order valence-corrected chi connectivity index (χ1v) is 7.89. The van der Waals surface area contributed by atoms with Gasteiger partial charge in [0, 0.05) is 25.0 Å². The van der Waals surface area contributed by atoms with Crippen molar-refractivity contribution in [2.75, 3.05) is 13.1 Å². The Bertz CT molecular complexity index is 630. The first kappa shape index (κ1) is 15.5. The summed E-state index contributed by atoms with van der Waals surface area (Å²) in [4.78, 5) is 19.1. The van der Waals surface area contributed by atoms with Gasteiger partial charge < -0.3 is 9.30 Å². The molecule has 114 valence electrons. The summed E-state index contributed by atoms with van der Waals surface area (Å²) in [5.74, 6) is 0.110. The van der Waals surface area contributed by atoms with Crippen LogP contribution in [0.25, 0.3) is 5.65 Å². The number of hydrogen-bond acceptors (Lipinski definition) is 2. The van der Waals surface area contributed by atoms with Gasteiger partial charge in [-0.15, -0.1) is 0 Å². The van der Waals surface area contributed by atoms with Crippen molar-refractivity contribution in [2.24, 2.45) is 0 Å². The minimum absolute atomic E-state index is 0.110. The van der Waals surface area contributed by atoms with E-state index in [0.29, 0.717) is 0 Å². The highest BCUT2D eigenvalue weighted by Gasteiger charge is 2.15. The van der Waals surface area contributed by atoms with Crippen LogP contribution in [0.15, 0.2) is 18.3 Å². The smallest absolute Gasteiger partial charge is 0.255 e. The first-order valence-electron chi connectivity index (χ1n) is 7.89. The molecule has 0 N–H and O–H groups in total. The Morgan fingerprint density at radius 1 is 1.29 bits per heavy atom. The van der Waals surface area contributed by atoms with E-state index in [-0.39, 0.29) is 5.91 Å². The lowest BCUT2D eigenvalue weighted by Gasteiger charge is -2.20. The molecule has 0 unspecified atom stereocenters. The van der Waals surface area contributed by atoms with Crippen LogP contribution in [0.2, 0.25) is 0 Å². The largest absolute Gasteiger partial charge is 0.339 e. The lowest BCUT2D eigenvalue weighted by Crippen LogP contribution is -2.31. The molecule has 1 amide bonds. The van der Waals surface area contributed by atoms with E-state index in [0.717, 1.165) is 55.0 Å².